The first-order chi connectivity index (χ1) is 8.81. The first-order valence-electron chi connectivity index (χ1n) is 6.25. The van der Waals surface area contributed by atoms with Crippen LogP contribution in [-0.2, 0) is 16.0 Å². The number of rotatable bonds is 6. The molecule has 2 N–H and O–H groups in total. The zero-order valence-electron chi connectivity index (χ0n) is 11.7. The molecule has 0 radical (unpaired) electrons. The zero-order valence-corrected chi connectivity index (χ0v) is 11.7. The van der Waals surface area contributed by atoms with E-state index in [-0.39, 0.29) is 18.2 Å². The molecule has 1 aromatic rings. The molecule has 0 aliphatic heterocycles. The van der Waals surface area contributed by atoms with Gasteiger partial charge in [-0.1, -0.05) is 19.0 Å². The lowest BCUT2D eigenvalue weighted by molar-refractivity contribution is -0.142. The van der Waals surface area contributed by atoms with Crippen LogP contribution in [0.4, 0.5) is 0 Å². The summed E-state index contributed by atoms with van der Waals surface area (Å²) in [4.78, 5) is 22.9. The summed E-state index contributed by atoms with van der Waals surface area (Å²) in [7, 11) is 0. The standard InChI is InChI=1S/C13H20N2O4/c1-7(2)5-11(13(17)18)14-12(16)6-10-8(3)15-19-9(10)4/h7,11H,5-6H2,1-4H3,(H,14,16)(H,17,18)/t11-/m0/s1. The molecule has 6 heteroatoms. The van der Waals surface area contributed by atoms with E-state index in [1.807, 2.05) is 13.8 Å². The predicted molar refractivity (Wildman–Crippen MR) is 68.7 cm³/mol. The van der Waals surface area contributed by atoms with Crippen molar-refractivity contribution in [3.05, 3.63) is 17.0 Å². The Morgan fingerprint density at radius 1 is 1.37 bits per heavy atom. The van der Waals surface area contributed by atoms with Crippen LogP contribution in [0.1, 0.15) is 37.3 Å². The minimum atomic E-state index is -1.01. The van der Waals surface area contributed by atoms with Crippen molar-refractivity contribution in [2.24, 2.45) is 5.92 Å². The molecule has 1 atom stereocenters. The van der Waals surface area contributed by atoms with Crippen LogP contribution in [0.15, 0.2) is 4.52 Å². The molecule has 0 saturated carbocycles. The number of aromatic nitrogens is 1. The van der Waals surface area contributed by atoms with Crippen LogP contribution in [-0.4, -0.2) is 28.2 Å². The van der Waals surface area contributed by atoms with Crippen LogP contribution in [0.2, 0.25) is 0 Å². The Morgan fingerprint density at radius 3 is 2.42 bits per heavy atom. The third-order valence-corrected chi connectivity index (χ3v) is 2.86. The lowest BCUT2D eigenvalue weighted by Gasteiger charge is -2.16. The molecule has 0 fully saturated rings. The smallest absolute Gasteiger partial charge is 0.326 e. The van der Waals surface area contributed by atoms with E-state index in [9.17, 15) is 9.59 Å². The number of carboxylic acids is 1. The number of hydrogen-bond acceptors (Lipinski definition) is 4. The van der Waals surface area contributed by atoms with E-state index in [1.54, 1.807) is 13.8 Å². The molecule has 0 aliphatic carbocycles. The molecule has 0 aromatic carbocycles. The molecule has 1 amide bonds. The second kappa shape index (κ2) is 6.36. The third kappa shape index (κ3) is 4.39. The number of aryl methyl sites for hydroxylation is 2. The molecule has 1 heterocycles. The van der Waals surface area contributed by atoms with Crippen molar-refractivity contribution in [2.75, 3.05) is 0 Å². The van der Waals surface area contributed by atoms with Gasteiger partial charge < -0.3 is 14.9 Å². The molecule has 1 rings (SSSR count). The van der Waals surface area contributed by atoms with Crippen molar-refractivity contribution in [1.82, 2.24) is 10.5 Å². The minimum Gasteiger partial charge on any atom is -0.480 e. The Bertz CT molecular complexity index is 446. The average molecular weight is 268 g/mol. The van der Waals surface area contributed by atoms with Crippen LogP contribution < -0.4 is 5.32 Å². The molecule has 0 spiro atoms. The van der Waals surface area contributed by atoms with Gasteiger partial charge in [-0.25, -0.2) is 4.79 Å². The summed E-state index contributed by atoms with van der Waals surface area (Å²) in [5, 5.41) is 15.4. The maximum Gasteiger partial charge on any atom is 0.326 e. The van der Waals surface area contributed by atoms with Gasteiger partial charge in [0, 0.05) is 5.56 Å². The summed E-state index contributed by atoms with van der Waals surface area (Å²) in [5.74, 6) is -0.563. The number of nitrogens with zero attached hydrogens (tertiary/aromatic N) is 1. The van der Waals surface area contributed by atoms with E-state index < -0.39 is 12.0 Å². The number of carbonyl (C=O) groups is 2. The van der Waals surface area contributed by atoms with Gasteiger partial charge in [0.25, 0.3) is 0 Å². The lowest BCUT2D eigenvalue weighted by atomic mass is 10.0. The molecule has 106 valence electrons. The molecule has 0 saturated heterocycles. The fourth-order valence-electron chi connectivity index (χ4n) is 1.85. The normalized spacial score (nSPS) is 12.5. The van der Waals surface area contributed by atoms with Crippen molar-refractivity contribution in [1.29, 1.82) is 0 Å². The van der Waals surface area contributed by atoms with Gasteiger partial charge in [-0.2, -0.15) is 0 Å². The second-order valence-electron chi connectivity index (χ2n) is 5.07. The van der Waals surface area contributed by atoms with Gasteiger partial charge >= 0.3 is 5.97 Å². The van der Waals surface area contributed by atoms with Crippen molar-refractivity contribution < 1.29 is 19.2 Å². The summed E-state index contributed by atoms with van der Waals surface area (Å²) in [6.45, 7) is 7.31. The Labute approximate surface area is 112 Å². The van der Waals surface area contributed by atoms with Gasteiger partial charge in [0.2, 0.25) is 5.91 Å². The Balaban J connectivity index is 2.65. The number of aliphatic carboxylic acids is 1. The molecular weight excluding hydrogens is 248 g/mol. The molecule has 0 unspecified atom stereocenters. The highest BCUT2D eigenvalue weighted by atomic mass is 16.5. The first kappa shape index (κ1) is 15.2. The van der Waals surface area contributed by atoms with Crippen LogP contribution in [0.25, 0.3) is 0 Å². The summed E-state index contributed by atoms with van der Waals surface area (Å²) >= 11 is 0. The first-order valence-corrected chi connectivity index (χ1v) is 6.25. The Kier molecular flexibility index (Phi) is 5.09. The molecule has 6 nitrogen and oxygen atoms in total. The van der Waals surface area contributed by atoms with Gasteiger partial charge in [0.05, 0.1) is 12.1 Å². The number of hydrogen-bond donors (Lipinski definition) is 2. The van der Waals surface area contributed by atoms with Crippen molar-refractivity contribution >= 4 is 11.9 Å². The van der Waals surface area contributed by atoms with E-state index in [4.69, 9.17) is 9.63 Å². The third-order valence-electron chi connectivity index (χ3n) is 2.86. The zero-order chi connectivity index (χ0) is 14.6. The molecule has 0 aliphatic rings. The van der Waals surface area contributed by atoms with Gasteiger partial charge in [-0.05, 0) is 26.2 Å². The number of carbonyl (C=O) groups excluding carboxylic acids is 1. The quantitative estimate of drug-likeness (QED) is 0.814. The SMILES string of the molecule is Cc1noc(C)c1CC(=O)N[C@@H](CC(C)C)C(=O)O. The van der Waals surface area contributed by atoms with E-state index >= 15 is 0 Å². The van der Waals surface area contributed by atoms with Crippen LogP contribution in [0.3, 0.4) is 0 Å². The van der Waals surface area contributed by atoms with Crippen molar-refractivity contribution in [2.45, 2.75) is 46.6 Å². The molecule has 1 aromatic heterocycles. The maximum absolute atomic E-state index is 11.9. The monoisotopic (exact) mass is 268 g/mol. The molecule has 19 heavy (non-hydrogen) atoms. The number of nitrogens with one attached hydrogen (secondary N) is 1. The fourth-order valence-corrected chi connectivity index (χ4v) is 1.85. The van der Waals surface area contributed by atoms with Crippen molar-refractivity contribution in [3.8, 4) is 0 Å². The summed E-state index contributed by atoms with van der Waals surface area (Å²) in [6, 6.07) is -0.854. The largest absolute Gasteiger partial charge is 0.480 e. The highest BCUT2D eigenvalue weighted by Gasteiger charge is 2.22. The number of carboxylic acid groups (broad SMARTS) is 1. The van der Waals surface area contributed by atoms with Gasteiger partial charge in [0.1, 0.15) is 11.8 Å². The van der Waals surface area contributed by atoms with E-state index in [1.165, 1.54) is 0 Å². The fraction of sp³-hybridized carbons (Fsp3) is 0.615. The lowest BCUT2D eigenvalue weighted by Crippen LogP contribution is -2.42. The van der Waals surface area contributed by atoms with Gasteiger partial charge in [-0.15, -0.1) is 0 Å². The van der Waals surface area contributed by atoms with E-state index in [0.717, 1.165) is 0 Å². The average Bonchev–Trinajstić information content (AvgIpc) is 2.59. The number of amides is 1. The van der Waals surface area contributed by atoms with Crippen LogP contribution >= 0.6 is 0 Å². The predicted octanol–water partition coefficient (Wildman–Crippen LogP) is 1.45. The van der Waals surface area contributed by atoms with Crippen LogP contribution in [0, 0.1) is 19.8 Å². The second-order valence-corrected chi connectivity index (χ2v) is 5.07. The van der Waals surface area contributed by atoms with Gasteiger partial charge in [0.15, 0.2) is 0 Å². The van der Waals surface area contributed by atoms with Crippen LogP contribution in [0.5, 0.6) is 0 Å². The Morgan fingerprint density at radius 2 is 2.00 bits per heavy atom. The topological polar surface area (TPSA) is 92.4 Å². The molecular formula is C13H20N2O4. The maximum atomic E-state index is 11.9. The van der Waals surface area contributed by atoms with E-state index in [2.05, 4.69) is 10.5 Å². The minimum absolute atomic E-state index is 0.0864. The highest BCUT2D eigenvalue weighted by molar-refractivity contribution is 5.85. The van der Waals surface area contributed by atoms with Gasteiger partial charge in [-0.3, -0.25) is 4.79 Å². The molecule has 0 bridgehead atoms. The summed E-state index contributed by atoms with van der Waals surface area (Å²) < 4.78 is 4.97. The van der Waals surface area contributed by atoms with Crippen molar-refractivity contribution in [3.63, 3.8) is 0 Å². The summed E-state index contributed by atoms with van der Waals surface area (Å²) in [6.07, 6.45) is 0.492. The Hall–Kier alpha value is -1.85. The van der Waals surface area contributed by atoms with E-state index in [0.29, 0.717) is 23.4 Å². The summed E-state index contributed by atoms with van der Waals surface area (Å²) in [5.41, 5.74) is 1.37. The highest BCUT2D eigenvalue weighted by Crippen LogP contribution is 2.13.